The third kappa shape index (κ3) is 2.61. The molecule has 0 aliphatic heterocycles. The van der Waals surface area contributed by atoms with Gasteiger partial charge in [-0.25, -0.2) is 0 Å². The molecule has 1 aromatic carbocycles. The summed E-state index contributed by atoms with van der Waals surface area (Å²) in [6, 6.07) is 9.87. The lowest BCUT2D eigenvalue weighted by molar-refractivity contribution is 0.0914. The van der Waals surface area contributed by atoms with E-state index in [1.807, 2.05) is 37.3 Å². The van der Waals surface area contributed by atoms with Crippen molar-refractivity contribution in [3.05, 3.63) is 53.9 Å². The van der Waals surface area contributed by atoms with Gasteiger partial charge in [0.05, 0.1) is 17.3 Å². The van der Waals surface area contributed by atoms with Crippen LogP contribution in [-0.4, -0.2) is 21.4 Å². The zero-order valence-electron chi connectivity index (χ0n) is 9.98. The van der Waals surface area contributed by atoms with Crippen LogP contribution in [0.3, 0.4) is 0 Å². The predicted molar refractivity (Wildman–Crippen MR) is 73.6 cm³/mol. The highest BCUT2D eigenvalue weighted by Gasteiger charge is 2.27. The molecule has 0 aliphatic rings. The van der Waals surface area contributed by atoms with Gasteiger partial charge in [-0.05, 0) is 12.5 Å². The number of benzene rings is 1. The first kappa shape index (κ1) is 12.8. The average molecular weight is 308 g/mol. The Morgan fingerprint density at radius 3 is 2.72 bits per heavy atom. The second-order valence-electron chi connectivity index (χ2n) is 4.27. The molecule has 1 amide bonds. The maximum atomic E-state index is 12.1. The van der Waals surface area contributed by atoms with Gasteiger partial charge in [0.15, 0.2) is 0 Å². The van der Waals surface area contributed by atoms with Crippen LogP contribution in [0.4, 0.5) is 0 Å². The van der Waals surface area contributed by atoms with Crippen molar-refractivity contribution in [3.8, 4) is 0 Å². The van der Waals surface area contributed by atoms with Crippen LogP contribution in [0.15, 0.2) is 42.7 Å². The highest BCUT2D eigenvalue weighted by Crippen LogP contribution is 2.23. The predicted octanol–water partition coefficient (Wildman–Crippen LogP) is 2.45. The number of carbonyl (C=O) groups is 1. The zero-order chi connectivity index (χ0) is 13.0. The number of H-pyrrole nitrogens is 1. The Bertz CT molecular complexity index is 512. The van der Waals surface area contributed by atoms with Gasteiger partial charge in [-0.3, -0.25) is 9.89 Å². The summed E-state index contributed by atoms with van der Waals surface area (Å²) >= 11 is 3.46. The smallest absolute Gasteiger partial charge is 0.255 e. The minimum atomic E-state index is -0.449. The molecule has 4 nitrogen and oxygen atoms in total. The van der Waals surface area contributed by atoms with E-state index in [0.717, 1.165) is 5.56 Å². The highest BCUT2D eigenvalue weighted by atomic mass is 79.9. The third-order valence-electron chi connectivity index (χ3n) is 2.83. The van der Waals surface area contributed by atoms with Crippen molar-refractivity contribution in [2.24, 2.45) is 0 Å². The summed E-state index contributed by atoms with van der Waals surface area (Å²) < 4.78 is 0. The van der Waals surface area contributed by atoms with Crippen molar-refractivity contribution in [1.82, 2.24) is 15.5 Å². The fourth-order valence-corrected chi connectivity index (χ4v) is 2.15. The lowest BCUT2D eigenvalue weighted by atomic mass is 9.94. The normalized spacial score (nSPS) is 13.9. The van der Waals surface area contributed by atoms with E-state index in [4.69, 9.17) is 0 Å². The lowest BCUT2D eigenvalue weighted by Gasteiger charge is -2.29. The molecular formula is C13H14BrN3O. The number of rotatable bonds is 4. The van der Waals surface area contributed by atoms with Gasteiger partial charge in [0.2, 0.25) is 0 Å². The number of aromatic nitrogens is 2. The summed E-state index contributed by atoms with van der Waals surface area (Å²) in [4.78, 5) is 12.1. The summed E-state index contributed by atoms with van der Waals surface area (Å²) in [7, 11) is 0. The molecule has 0 aliphatic carbocycles. The van der Waals surface area contributed by atoms with Crippen LogP contribution in [0.25, 0.3) is 0 Å². The van der Waals surface area contributed by atoms with Gasteiger partial charge in [-0.1, -0.05) is 46.3 Å². The topological polar surface area (TPSA) is 57.8 Å². The van der Waals surface area contributed by atoms with E-state index in [1.165, 1.54) is 6.20 Å². The molecule has 5 heteroatoms. The average Bonchev–Trinajstić information content (AvgIpc) is 2.93. The maximum Gasteiger partial charge on any atom is 0.255 e. The molecule has 1 aromatic heterocycles. The standard InChI is InChI=1S/C13H14BrN3O/c1-13(9-14,11-5-3-2-4-6-11)17-12(18)10-7-15-16-8-10/h2-8H,9H2,1H3,(H,15,16)(H,17,18). The van der Waals surface area contributed by atoms with Gasteiger partial charge in [0, 0.05) is 11.5 Å². The first-order valence-electron chi connectivity index (χ1n) is 5.58. The number of amides is 1. The molecule has 0 fully saturated rings. The van der Waals surface area contributed by atoms with Gasteiger partial charge in [0.25, 0.3) is 5.91 Å². The number of hydrogen-bond donors (Lipinski definition) is 2. The largest absolute Gasteiger partial charge is 0.342 e. The summed E-state index contributed by atoms with van der Waals surface area (Å²) in [6.45, 7) is 1.98. The molecule has 2 N–H and O–H groups in total. The summed E-state index contributed by atoms with van der Waals surface area (Å²) in [5.41, 5.74) is 1.13. The SMILES string of the molecule is CC(CBr)(NC(=O)c1cn[nH]c1)c1ccccc1. The number of halogens is 1. The van der Waals surface area contributed by atoms with Crippen molar-refractivity contribution in [1.29, 1.82) is 0 Å². The monoisotopic (exact) mass is 307 g/mol. The Labute approximate surface area is 114 Å². The minimum absolute atomic E-state index is 0.144. The Kier molecular flexibility index (Phi) is 3.81. The van der Waals surface area contributed by atoms with Gasteiger partial charge in [-0.2, -0.15) is 5.10 Å². The van der Waals surface area contributed by atoms with E-state index >= 15 is 0 Å². The van der Waals surface area contributed by atoms with Crippen LogP contribution < -0.4 is 5.32 Å². The zero-order valence-corrected chi connectivity index (χ0v) is 11.6. The number of alkyl halides is 1. The van der Waals surface area contributed by atoms with Gasteiger partial charge in [0.1, 0.15) is 0 Å². The van der Waals surface area contributed by atoms with Crippen molar-refractivity contribution in [3.63, 3.8) is 0 Å². The van der Waals surface area contributed by atoms with E-state index in [-0.39, 0.29) is 5.91 Å². The summed E-state index contributed by atoms with van der Waals surface area (Å²) in [5, 5.41) is 10.1. The summed E-state index contributed by atoms with van der Waals surface area (Å²) in [5.74, 6) is -0.144. The van der Waals surface area contributed by atoms with Crippen molar-refractivity contribution >= 4 is 21.8 Å². The minimum Gasteiger partial charge on any atom is -0.342 e. The number of nitrogens with zero attached hydrogens (tertiary/aromatic N) is 1. The number of hydrogen-bond acceptors (Lipinski definition) is 2. The number of carbonyl (C=O) groups excluding carboxylic acids is 1. The second kappa shape index (κ2) is 5.35. The van der Waals surface area contributed by atoms with Crippen LogP contribution >= 0.6 is 15.9 Å². The molecular weight excluding hydrogens is 294 g/mol. The molecule has 1 unspecified atom stereocenters. The van der Waals surface area contributed by atoms with Crippen LogP contribution in [0.5, 0.6) is 0 Å². The van der Waals surface area contributed by atoms with Crippen molar-refractivity contribution in [2.75, 3.05) is 5.33 Å². The van der Waals surface area contributed by atoms with Crippen LogP contribution in [0.1, 0.15) is 22.8 Å². The molecule has 2 rings (SSSR count). The molecule has 0 bridgehead atoms. The second-order valence-corrected chi connectivity index (χ2v) is 4.83. The number of nitrogens with one attached hydrogen (secondary N) is 2. The maximum absolute atomic E-state index is 12.1. The molecule has 94 valence electrons. The fraction of sp³-hybridized carbons (Fsp3) is 0.231. The first-order chi connectivity index (χ1) is 8.65. The molecule has 2 aromatic rings. The Morgan fingerprint density at radius 2 is 2.17 bits per heavy atom. The molecule has 0 saturated carbocycles. The summed E-state index contributed by atoms with van der Waals surface area (Å²) in [6.07, 6.45) is 3.09. The van der Waals surface area contributed by atoms with Crippen LogP contribution in [0, 0.1) is 0 Å². The van der Waals surface area contributed by atoms with E-state index in [0.29, 0.717) is 10.9 Å². The third-order valence-corrected chi connectivity index (χ3v) is 3.95. The Balaban J connectivity index is 2.21. The van der Waals surface area contributed by atoms with E-state index < -0.39 is 5.54 Å². The van der Waals surface area contributed by atoms with Gasteiger partial charge in [-0.15, -0.1) is 0 Å². The molecule has 0 saturated heterocycles. The number of aromatic amines is 1. The lowest BCUT2D eigenvalue weighted by Crippen LogP contribution is -2.44. The van der Waals surface area contributed by atoms with Crippen molar-refractivity contribution in [2.45, 2.75) is 12.5 Å². The molecule has 0 spiro atoms. The van der Waals surface area contributed by atoms with Crippen molar-refractivity contribution < 1.29 is 4.79 Å². The molecule has 1 atom stereocenters. The molecule has 0 radical (unpaired) electrons. The molecule has 18 heavy (non-hydrogen) atoms. The van der Waals surface area contributed by atoms with E-state index in [1.54, 1.807) is 6.20 Å². The first-order valence-corrected chi connectivity index (χ1v) is 6.70. The Hall–Kier alpha value is -1.62. The van der Waals surface area contributed by atoms with E-state index in [2.05, 4.69) is 31.4 Å². The van der Waals surface area contributed by atoms with Crippen LogP contribution in [-0.2, 0) is 5.54 Å². The Morgan fingerprint density at radius 1 is 1.44 bits per heavy atom. The van der Waals surface area contributed by atoms with Gasteiger partial charge >= 0.3 is 0 Å². The van der Waals surface area contributed by atoms with Gasteiger partial charge < -0.3 is 5.32 Å². The highest BCUT2D eigenvalue weighted by molar-refractivity contribution is 9.09. The van der Waals surface area contributed by atoms with E-state index in [9.17, 15) is 4.79 Å². The van der Waals surface area contributed by atoms with Crippen LogP contribution in [0.2, 0.25) is 0 Å². The quantitative estimate of drug-likeness (QED) is 0.852. The molecule has 1 heterocycles. The fourth-order valence-electron chi connectivity index (χ4n) is 1.69.